The molecule has 24 heavy (non-hydrogen) atoms. The van der Waals surface area contributed by atoms with Crippen LogP contribution >= 0.6 is 0 Å². The van der Waals surface area contributed by atoms with Gasteiger partial charge in [-0.3, -0.25) is 0 Å². The summed E-state index contributed by atoms with van der Waals surface area (Å²) >= 11 is 0. The lowest BCUT2D eigenvalue weighted by molar-refractivity contribution is 0.0737. The molecule has 0 atom stereocenters. The number of ether oxygens (including phenoxy) is 2. The Morgan fingerprint density at radius 3 is 2.67 bits per heavy atom. The van der Waals surface area contributed by atoms with E-state index in [0.717, 1.165) is 29.4 Å². The molecule has 3 rings (SSSR count). The van der Waals surface area contributed by atoms with E-state index in [0.29, 0.717) is 17.1 Å². The first-order chi connectivity index (χ1) is 11.7. The van der Waals surface area contributed by atoms with Gasteiger partial charge in [0.1, 0.15) is 11.5 Å². The van der Waals surface area contributed by atoms with E-state index >= 15 is 0 Å². The van der Waals surface area contributed by atoms with Crippen LogP contribution in [0.1, 0.15) is 15.9 Å². The molecule has 0 aliphatic heterocycles. The number of nitrogens with one attached hydrogen (secondary N) is 2. The smallest absolute Gasteiger partial charge is 0.343 e. The van der Waals surface area contributed by atoms with Crippen molar-refractivity contribution in [2.75, 3.05) is 20.7 Å². The van der Waals surface area contributed by atoms with Crippen LogP contribution in [0, 0.1) is 0 Å². The SMILES string of the molecule is CNCCc1c[nH]c2cccc(OC(=O)c3ccc(OC)cc3)c12. The first kappa shape index (κ1) is 16.1. The van der Waals surface area contributed by atoms with Crippen LogP contribution in [0.25, 0.3) is 10.9 Å². The topological polar surface area (TPSA) is 63.3 Å². The van der Waals surface area contributed by atoms with Crippen molar-refractivity contribution in [2.24, 2.45) is 0 Å². The van der Waals surface area contributed by atoms with E-state index in [1.165, 1.54) is 0 Å². The van der Waals surface area contributed by atoms with Gasteiger partial charge in [0.05, 0.1) is 12.7 Å². The summed E-state index contributed by atoms with van der Waals surface area (Å²) in [5.74, 6) is 0.889. The Bertz CT molecular complexity index is 837. The highest BCUT2D eigenvalue weighted by atomic mass is 16.5. The Balaban J connectivity index is 1.88. The normalized spacial score (nSPS) is 10.8. The number of hydrogen-bond acceptors (Lipinski definition) is 4. The summed E-state index contributed by atoms with van der Waals surface area (Å²) < 4.78 is 10.8. The number of H-pyrrole nitrogens is 1. The van der Waals surface area contributed by atoms with Crippen LogP contribution in [-0.2, 0) is 6.42 Å². The van der Waals surface area contributed by atoms with Crippen molar-refractivity contribution in [2.45, 2.75) is 6.42 Å². The summed E-state index contributed by atoms with van der Waals surface area (Å²) in [6.07, 6.45) is 2.82. The fraction of sp³-hybridized carbons (Fsp3) is 0.211. The third-order valence-corrected chi connectivity index (χ3v) is 3.92. The monoisotopic (exact) mass is 324 g/mol. The number of hydrogen-bond donors (Lipinski definition) is 2. The molecule has 3 aromatic rings. The number of carbonyl (C=O) groups is 1. The maximum absolute atomic E-state index is 12.4. The predicted octanol–water partition coefficient (Wildman–Crippen LogP) is 3.16. The highest BCUT2D eigenvalue weighted by molar-refractivity contribution is 5.96. The molecule has 0 aliphatic rings. The minimum absolute atomic E-state index is 0.383. The number of fused-ring (bicyclic) bond motifs is 1. The minimum Gasteiger partial charge on any atom is -0.497 e. The lowest BCUT2D eigenvalue weighted by atomic mass is 10.1. The molecule has 0 fully saturated rings. The van der Waals surface area contributed by atoms with Gasteiger partial charge in [-0.2, -0.15) is 0 Å². The van der Waals surface area contributed by atoms with Crippen molar-refractivity contribution in [3.8, 4) is 11.5 Å². The quantitative estimate of drug-likeness (QED) is 0.540. The Labute approximate surface area is 140 Å². The van der Waals surface area contributed by atoms with Crippen molar-refractivity contribution >= 4 is 16.9 Å². The average Bonchev–Trinajstić information content (AvgIpc) is 3.04. The van der Waals surface area contributed by atoms with E-state index in [2.05, 4.69) is 10.3 Å². The van der Waals surface area contributed by atoms with Gasteiger partial charge in [0.2, 0.25) is 0 Å². The Kier molecular flexibility index (Phi) is 4.82. The molecule has 0 radical (unpaired) electrons. The predicted molar refractivity (Wildman–Crippen MR) is 93.9 cm³/mol. The van der Waals surface area contributed by atoms with Crippen molar-refractivity contribution in [3.63, 3.8) is 0 Å². The molecule has 5 nitrogen and oxygen atoms in total. The van der Waals surface area contributed by atoms with Crippen molar-refractivity contribution in [1.82, 2.24) is 10.3 Å². The molecule has 2 aromatic carbocycles. The molecule has 0 saturated carbocycles. The zero-order valence-electron chi connectivity index (χ0n) is 13.8. The van der Waals surface area contributed by atoms with Crippen LogP contribution in [0.5, 0.6) is 11.5 Å². The number of methoxy groups -OCH3 is 1. The molecule has 1 heterocycles. The van der Waals surface area contributed by atoms with Crippen molar-refractivity contribution in [3.05, 3.63) is 59.8 Å². The highest BCUT2D eigenvalue weighted by Crippen LogP contribution is 2.29. The van der Waals surface area contributed by atoms with Gasteiger partial charge in [0.25, 0.3) is 0 Å². The average molecular weight is 324 g/mol. The zero-order valence-corrected chi connectivity index (χ0v) is 13.8. The summed E-state index contributed by atoms with van der Waals surface area (Å²) in [4.78, 5) is 15.6. The number of benzene rings is 2. The molecular weight excluding hydrogens is 304 g/mol. The lowest BCUT2D eigenvalue weighted by Crippen LogP contribution is -2.11. The fourth-order valence-corrected chi connectivity index (χ4v) is 2.65. The van der Waals surface area contributed by atoms with Crippen LogP contribution in [-0.4, -0.2) is 31.7 Å². The molecule has 0 aliphatic carbocycles. The fourth-order valence-electron chi connectivity index (χ4n) is 2.65. The largest absolute Gasteiger partial charge is 0.497 e. The summed E-state index contributed by atoms with van der Waals surface area (Å²) in [6.45, 7) is 0.855. The molecule has 0 spiro atoms. The third-order valence-electron chi connectivity index (χ3n) is 3.92. The first-order valence-electron chi connectivity index (χ1n) is 7.82. The second-order valence-electron chi connectivity index (χ2n) is 5.46. The second-order valence-corrected chi connectivity index (χ2v) is 5.46. The van der Waals surface area contributed by atoms with Gasteiger partial charge < -0.3 is 19.8 Å². The Hall–Kier alpha value is -2.79. The number of esters is 1. The van der Waals surface area contributed by atoms with Gasteiger partial charge in [-0.15, -0.1) is 0 Å². The molecule has 2 N–H and O–H groups in total. The highest BCUT2D eigenvalue weighted by Gasteiger charge is 2.14. The van der Waals surface area contributed by atoms with E-state index in [1.807, 2.05) is 31.4 Å². The molecular formula is C19H20N2O3. The van der Waals surface area contributed by atoms with E-state index in [9.17, 15) is 4.79 Å². The van der Waals surface area contributed by atoms with E-state index < -0.39 is 0 Å². The van der Waals surface area contributed by atoms with Crippen molar-refractivity contribution < 1.29 is 14.3 Å². The number of aromatic amines is 1. The summed E-state index contributed by atoms with van der Waals surface area (Å²) in [5, 5.41) is 4.09. The van der Waals surface area contributed by atoms with Crippen LogP contribution in [0.2, 0.25) is 0 Å². The number of likely N-dealkylation sites (N-methyl/N-ethyl adjacent to an activating group) is 1. The number of aromatic nitrogens is 1. The van der Waals surface area contributed by atoms with E-state index in [-0.39, 0.29) is 5.97 Å². The Morgan fingerprint density at radius 2 is 1.96 bits per heavy atom. The van der Waals surface area contributed by atoms with Gasteiger partial charge in [0.15, 0.2) is 0 Å². The van der Waals surface area contributed by atoms with Crippen LogP contribution in [0.4, 0.5) is 0 Å². The molecule has 124 valence electrons. The first-order valence-corrected chi connectivity index (χ1v) is 7.82. The maximum atomic E-state index is 12.4. The van der Waals surface area contributed by atoms with Gasteiger partial charge in [-0.25, -0.2) is 4.79 Å². The number of carbonyl (C=O) groups excluding carboxylic acids is 1. The summed E-state index contributed by atoms with van der Waals surface area (Å²) in [5.41, 5.74) is 2.57. The molecule has 0 unspecified atom stereocenters. The van der Waals surface area contributed by atoms with E-state index in [4.69, 9.17) is 9.47 Å². The summed E-state index contributed by atoms with van der Waals surface area (Å²) in [6, 6.07) is 12.5. The van der Waals surface area contributed by atoms with E-state index in [1.54, 1.807) is 31.4 Å². The maximum Gasteiger partial charge on any atom is 0.343 e. The van der Waals surface area contributed by atoms with Gasteiger partial charge in [-0.1, -0.05) is 6.07 Å². The lowest BCUT2D eigenvalue weighted by Gasteiger charge is -2.08. The molecule has 0 amide bonds. The zero-order chi connectivity index (χ0) is 16.9. The Morgan fingerprint density at radius 1 is 1.17 bits per heavy atom. The second kappa shape index (κ2) is 7.19. The van der Waals surface area contributed by atoms with Crippen LogP contribution in [0.15, 0.2) is 48.7 Å². The van der Waals surface area contributed by atoms with Gasteiger partial charge in [0, 0.05) is 17.1 Å². The standard InChI is InChI=1S/C19H20N2O3/c1-20-11-10-14-12-21-16-4-3-5-17(18(14)16)24-19(22)13-6-8-15(23-2)9-7-13/h3-9,12,20-21H,10-11H2,1-2H3. The third kappa shape index (κ3) is 3.26. The van der Waals surface area contributed by atoms with Crippen molar-refractivity contribution in [1.29, 1.82) is 0 Å². The molecule has 0 saturated heterocycles. The van der Waals surface area contributed by atoms with Crippen LogP contribution < -0.4 is 14.8 Å². The number of rotatable bonds is 6. The molecule has 0 bridgehead atoms. The van der Waals surface area contributed by atoms with Gasteiger partial charge in [-0.05, 0) is 62.0 Å². The molecule has 5 heteroatoms. The summed E-state index contributed by atoms with van der Waals surface area (Å²) in [7, 11) is 3.51. The van der Waals surface area contributed by atoms with Gasteiger partial charge >= 0.3 is 5.97 Å². The minimum atomic E-state index is -0.383. The van der Waals surface area contributed by atoms with Crippen LogP contribution in [0.3, 0.4) is 0 Å². The molecule has 1 aromatic heterocycles.